The van der Waals surface area contributed by atoms with Gasteiger partial charge in [0.1, 0.15) is 0 Å². The molecule has 2 amide bonds. The number of carboxylic acids is 2. The van der Waals surface area contributed by atoms with E-state index < -0.39 is 52.5 Å². The molecule has 4 fully saturated rings. The Morgan fingerprint density at radius 2 is 1.11 bits per heavy atom. The summed E-state index contributed by atoms with van der Waals surface area (Å²) in [7, 11) is 0. The number of hydrogen-bond acceptors (Lipinski definition) is 8. The molecule has 0 aromatic carbocycles. The minimum absolute atomic E-state index is 0.0428. The number of carbonyl (C=O) groups is 4. The molecular formula is C33H53N3O10. The second-order valence-electron chi connectivity index (χ2n) is 14.9. The van der Waals surface area contributed by atoms with E-state index in [4.69, 9.17) is 9.47 Å². The number of ether oxygens (including phenoxy) is 2. The number of amides is 2. The van der Waals surface area contributed by atoms with Gasteiger partial charge in [-0.15, -0.1) is 0 Å². The van der Waals surface area contributed by atoms with Crippen LogP contribution in [0.4, 0.5) is 0 Å². The van der Waals surface area contributed by atoms with E-state index in [1.165, 1.54) is 0 Å². The van der Waals surface area contributed by atoms with E-state index in [1.54, 1.807) is 0 Å². The molecule has 46 heavy (non-hydrogen) atoms. The Labute approximate surface area is 271 Å². The summed E-state index contributed by atoms with van der Waals surface area (Å²) in [6.07, 6.45) is 9.62. The average Bonchev–Trinajstić information content (AvgIpc) is 3.03. The minimum Gasteiger partial charge on any atom is -0.481 e. The van der Waals surface area contributed by atoms with Crippen LogP contribution >= 0.6 is 0 Å². The third-order valence-corrected chi connectivity index (χ3v) is 10.7. The van der Waals surface area contributed by atoms with E-state index >= 15 is 0 Å². The third kappa shape index (κ3) is 10.1. The molecular weight excluding hydrogens is 598 g/mol. The molecule has 4 rings (SSSR count). The normalized spacial score (nSPS) is 33.8. The molecule has 0 spiro atoms. The van der Waals surface area contributed by atoms with Crippen LogP contribution in [0.2, 0.25) is 0 Å². The van der Waals surface area contributed by atoms with Gasteiger partial charge in [0.05, 0.1) is 49.1 Å². The monoisotopic (exact) mass is 651 g/mol. The number of hydrogen-bond donors (Lipinski definition) is 4. The quantitative estimate of drug-likeness (QED) is 0.167. The molecule has 13 nitrogen and oxygen atoms in total. The molecule has 5 atom stereocenters. The number of carbonyl (C=O) groups excluding carboxylic acids is 2. The van der Waals surface area contributed by atoms with E-state index in [1.807, 2.05) is 0 Å². The predicted molar refractivity (Wildman–Crippen MR) is 166 cm³/mol. The maximum Gasteiger partial charge on any atom is 0.307 e. The number of nitro groups is 1. The van der Waals surface area contributed by atoms with E-state index in [9.17, 15) is 39.5 Å². The summed E-state index contributed by atoms with van der Waals surface area (Å²) in [5.74, 6) is -5.26. The van der Waals surface area contributed by atoms with Crippen LogP contribution in [0.5, 0.6) is 0 Å². The van der Waals surface area contributed by atoms with Crippen molar-refractivity contribution in [1.29, 1.82) is 0 Å². The van der Waals surface area contributed by atoms with Gasteiger partial charge in [0, 0.05) is 35.3 Å². The molecule has 0 aromatic heterocycles. The molecule has 0 saturated heterocycles. The van der Waals surface area contributed by atoms with Gasteiger partial charge < -0.3 is 30.3 Å². The zero-order valence-electron chi connectivity index (χ0n) is 27.3. The second-order valence-corrected chi connectivity index (χ2v) is 14.9. The van der Waals surface area contributed by atoms with Gasteiger partial charge in [0.25, 0.3) is 0 Å². The molecule has 260 valence electrons. The SMILES string of the molecule is CC(C)(COC1CCC(NC(=O)C2CCCCC2C(=O)O)CC1)COC1CCC(NC(=O)C2CC([N+](=O)[O-])CCC2C(=O)O)CC1. The molecule has 0 heterocycles. The van der Waals surface area contributed by atoms with Crippen molar-refractivity contribution in [3.63, 3.8) is 0 Å². The first-order chi connectivity index (χ1) is 21.8. The van der Waals surface area contributed by atoms with Crippen LogP contribution in [-0.2, 0) is 28.7 Å². The van der Waals surface area contributed by atoms with Crippen LogP contribution in [-0.4, -0.2) is 82.4 Å². The van der Waals surface area contributed by atoms with Crippen molar-refractivity contribution in [2.45, 2.75) is 140 Å². The Bertz CT molecular complexity index is 1080. The maximum atomic E-state index is 13.0. The fourth-order valence-corrected chi connectivity index (χ4v) is 7.76. The van der Waals surface area contributed by atoms with Crippen LogP contribution in [0.25, 0.3) is 0 Å². The van der Waals surface area contributed by atoms with Gasteiger partial charge in [0.15, 0.2) is 0 Å². The molecule has 4 saturated carbocycles. The molecule has 5 unspecified atom stereocenters. The van der Waals surface area contributed by atoms with Gasteiger partial charge in [-0.2, -0.15) is 0 Å². The van der Waals surface area contributed by atoms with Crippen molar-refractivity contribution >= 4 is 23.8 Å². The molecule has 13 heteroatoms. The van der Waals surface area contributed by atoms with Gasteiger partial charge in [-0.25, -0.2) is 0 Å². The molecule has 4 aliphatic carbocycles. The number of aliphatic carboxylic acids is 2. The van der Waals surface area contributed by atoms with Crippen molar-refractivity contribution in [1.82, 2.24) is 10.6 Å². The lowest BCUT2D eigenvalue weighted by atomic mass is 9.76. The van der Waals surface area contributed by atoms with Crippen LogP contribution in [0.3, 0.4) is 0 Å². The van der Waals surface area contributed by atoms with Crippen LogP contribution in [0, 0.1) is 39.2 Å². The Balaban J connectivity index is 1.11. The fraction of sp³-hybridized carbons (Fsp3) is 0.879. The van der Waals surface area contributed by atoms with Gasteiger partial charge >= 0.3 is 11.9 Å². The van der Waals surface area contributed by atoms with Crippen molar-refractivity contribution in [3.8, 4) is 0 Å². The zero-order chi connectivity index (χ0) is 33.4. The summed E-state index contributed by atoms with van der Waals surface area (Å²) in [4.78, 5) is 60.0. The maximum absolute atomic E-state index is 13.0. The topological polar surface area (TPSA) is 194 Å². The van der Waals surface area contributed by atoms with Gasteiger partial charge in [-0.05, 0) is 70.6 Å². The first kappa shape index (κ1) is 36.0. The van der Waals surface area contributed by atoms with E-state index in [-0.39, 0.29) is 54.9 Å². The summed E-state index contributed by atoms with van der Waals surface area (Å²) >= 11 is 0. The summed E-state index contributed by atoms with van der Waals surface area (Å²) in [6, 6.07) is -0.929. The molecule has 0 radical (unpaired) electrons. The van der Waals surface area contributed by atoms with Gasteiger partial charge in [-0.1, -0.05) is 26.7 Å². The number of nitrogens with zero attached hydrogens (tertiary/aromatic N) is 1. The Kier molecular flexibility index (Phi) is 12.8. The first-order valence-electron chi connectivity index (χ1n) is 17.3. The summed E-state index contributed by atoms with van der Waals surface area (Å²) in [6.45, 7) is 5.28. The van der Waals surface area contributed by atoms with Crippen LogP contribution < -0.4 is 10.6 Å². The van der Waals surface area contributed by atoms with E-state index in [0.29, 0.717) is 38.9 Å². The predicted octanol–water partition coefficient (Wildman–Crippen LogP) is 3.94. The molecule has 0 aliphatic heterocycles. The average molecular weight is 652 g/mol. The van der Waals surface area contributed by atoms with E-state index in [0.717, 1.165) is 51.4 Å². The number of rotatable bonds is 13. The number of nitrogens with one attached hydrogen (secondary N) is 2. The first-order valence-corrected chi connectivity index (χ1v) is 17.3. The lowest BCUT2D eigenvalue weighted by Gasteiger charge is -2.35. The molecule has 4 aliphatic rings. The Hall–Kier alpha value is -2.80. The fourth-order valence-electron chi connectivity index (χ4n) is 7.76. The van der Waals surface area contributed by atoms with Gasteiger partial charge in [0.2, 0.25) is 17.9 Å². The molecule has 4 N–H and O–H groups in total. The summed E-state index contributed by atoms with van der Waals surface area (Å²) in [5, 5.41) is 36.4. The smallest absolute Gasteiger partial charge is 0.307 e. The molecule has 0 bridgehead atoms. The van der Waals surface area contributed by atoms with Crippen molar-refractivity contribution in [2.75, 3.05) is 13.2 Å². The van der Waals surface area contributed by atoms with Crippen molar-refractivity contribution in [3.05, 3.63) is 10.1 Å². The Morgan fingerprint density at radius 3 is 1.57 bits per heavy atom. The second kappa shape index (κ2) is 16.3. The zero-order valence-corrected chi connectivity index (χ0v) is 27.3. The lowest BCUT2D eigenvalue weighted by molar-refractivity contribution is -0.528. The highest BCUT2D eigenvalue weighted by molar-refractivity contribution is 5.85. The largest absolute Gasteiger partial charge is 0.481 e. The van der Waals surface area contributed by atoms with Crippen molar-refractivity contribution < 1.29 is 43.8 Å². The highest BCUT2D eigenvalue weighted by atomic mass is 16.6. The van der Waals surface area contributed by atoms with E-state index in [2.05, 4.69) is 24.5 Å². The Morgan fingerprint density at radius 1 is 0.674 bits per heavy atom. The highest BCUT2D eigenvalue weighted by Gasteiger charge is 2.44. The number of carboxylic acid groups (broad SMARTS) is 2. The summed E-state index contributed by atoms with van der Waals surface area (Å²) in [5.41, 5.74) is -0.205. The minimum atomic E-state index is -1.08. The van der Waals surface area contributed by atoms with Gasteiger partial charge in [-0.3, -0.25) is 29.3 Å². The van der Waals surface area contributed by atoms with Crippen LogP contribution in [0.15, 0.2) is 0 Å². The molecule has 0 aromatic rings. The third-order valence-electron chi connectivity index (χ3n) is 10.7. The highest BCUT2D eigenvalue weighted by Crippen LogP contribution is 2.34. The van der Waals surface area contributed by atoms with Crippen molar-refractivity contribution in [2.24, 2.45) is 29.1 Å². The lowest BCUT2D eigenvalue weighted by Crippen LogP contribution is -2.48. The van der Waals surface area contributed by atoms with Crippen LogP contribution in [0.1, 0.15) is 110 Å². The summed E-state index contributed by atoms with van der Waals surface area (Å²) < 4.78 is 12.5. The standard InChI is InChI=1S/C33H53N3O10/c1-33(2,18-45-23-12-7-20(8-13-23)34-29(37)25-5-3-4-6-26(25)31(39)40)19-46-24-14-9-21(10-15-24)35-30(38)28-17-22(36(43)44)11-16-27(28)32(41)42/h20-28H,3-19H2,1-2H3,(H,34,37)(H,35,38)(H,39,40)(H,41,42).